The monoisotopic (exact) mass is 499 g/mol. The summed E-state index contributed by atoms with van der Waals surface area (Å²) in [6.07, 6.45) is 1.69. The van der Waals surface area contributed by atoms with Crippen LogP contribution in [0.15, 0.2) is 83.9 Å². The smallest absolute Gasteiger partial charge is 0.261 e. The molecule has 2 heterocycles. The summed E-state index contributed by atoms with van der Waals surface area (Å²) in [7, 11) is -7.18. The first kappa shape index (κ1) is 21.7. The highest BCUT2D eigenvalue weighted by Gasteiger charge is 2.32. The van der Waals surface area contributed by atoms with Crippen molar-refractivity contribution in [2.45, 2.75) is 4.90 Å². The summed E-state index contributed by atoms with van der Waals surface area (Å²) in [5.74, 6) is 0.0963. The second-order valence-electron chi connectivity index (χ2n) is 7.56. The van der Waals surface area contributed by atoms with Crippen molar-refractivity contribution in [1.82, 2.24) is 4.98 Å². The van der Waals surface area contributed by atoms with E-state index in [0.717, 1.165) is 10.8 Å². The number of benzene rings is 3. The third kappa shape index (κ3) is 4.03. The van der Waals surface area contributed by atoms with Gasteiger partial charge in [0.05, 0.1) is 27.1 Å². The van der Waals surface area contributed by atoms with Crippen LogP contribution in [-0.2, 0) is 20.0 Å². The molecule has 1 N–H and O–H groups in total. The van der Waals surface area contributed by atoms with Crippen LogP contribution in [0.2, 0.25) is 5.02 Å². The molecule has 1 saturated heterocycles. The lowest BCUT2D eigenvalue weighted by Gasteiger charge is -2.32. The molecule has 0 radical (unpaired) electrons. The summed E-state index contributed by atoms with van der Waals surface area (Å²) in [6, 6.07) is 20.2. The van der Waals surface area contributed by atoms with E-state index in [1.807, 2.05) is 30.3 Å². The van der Waals surface area contributed by atoms with Gasteiger partial charge in [-0.2, -0.15) is 0 Å². The molecule has 7 nitrogen and oxygen atoms in total. The highest BCUT2D eigenvalue weighted by atomic mass is 35.5. The van der Waals surface area contributed by atoms with Gasteiger partial charge in [-0.3, -0.25) is 14.0 Å². The van der Waals surface area contributed by atoms with Crippen LogP contribution in [0.3, 0.4) is 0 Å². The van der Waals surface area contributed by atoms with E-state index in [4.69, 9.17) is 11.6 Å². The Morgan fingerprint density at radius 2 is 1.73 bits per heavy atom. The lowest BCUT2D eigenvalue weighted by atomic mass is 10.0. The quantitative estimate of drug-likeness (QED) is 0.436. The van der Waals surface area contributed by atoms with Crippen LogP contribution >= 0.6 is 11.6 Å². The van der Waals surface area contributed by atoms with E-state index in [0.29, 0.717) is 34.2 Å². The zero-order valence-electron chi connectivity index (χ0n) is 17.1. The summed E-state index contributed by atoms with van der Waals surface area (Å²) in [6.45, 7) is 0.391. The molecule has 4 aromatic rings. The number of fused-ring (bicyclic) bond motifs is 1. The zero-order chi connectivity index (χ0) is 23.2. The van der Waals surface area contributed by atoms with E-state index in [-0.39, 0.29) is 10.6 Å². The summed E-state index contributed by atoms with van der Waals surface area (Å²) < 4.78 is 53.3. The first-order valence-corrected chi connectivity index (χ1v) is 13.5. The van der Waals surface area contributed by atoms with Crippen molar-refractivity contribution in [3.63, 3.8) is 0 Å². The lowest BCUT2D eigenvalue weighted by Crippen LogP contribution is -2.47. The summed E-state index contributed by atoms with van der Waals surface area (Å²) >= 11 is 6.44. The fourth-order valence-electron chi connectivity index (χ4n) is 3.73. The summed E-state index contributed by atoms with van der Waals surface area (Å²) in [4.78, 5) is 4.49. The predicted molar refractivity (Wildman–Crippen MR) is 131 cm³/mol. The van der Waals surface area contributed by atoms with Crippen molar-refractivity contribution in [3.8, 4) is 11.3 Å². The number of hydrogen-bond acceptors (Lipinski definition) is 5. The largest absolute Gasteiger partial charge is 0.280 e. The molecule has 0 bridgehead atoms. The number of nitrogens with zero attached hydrogens (tertiary/aromatic N) is 2. The van der Waals surface area contributed by atoms with E-state index in [2.05, 4.69) is 9.71 Å². The van der Waals surface area contributed by atoms with Gasteiger partial charge in [-0.05, 0) is 53.9 Å². The number of aromatic nitrogens is 1. The van der Waals surface area contributed by atoms with E-state index in [9.17, 15) is 16.8 Å². The van der Waals surface area contributed by atoms with Crippen molar-refractivity contribution in [3.05, 3.63) is 84.0 Å². The minimum absolute atomic E-state index is 0.0176. The van der Waals surface area contributed by atoms with Crippen molar-refractivity contribution < 1.29 is 16.8 Å². The van der Waals surface area contributed by atoms with Crippen LogP contribution in [0, 0.1) is 0 Å². The van der Waals surface area contributed by atoms with Gasteiger partial charge >= 0.3 is 0 Å². The van der Waals surface area contributed by atoms with Crippen LogP contribution in [0.4, 0.5) is 11.4 Å². The zero-order valence-corrected chi connectivity index (χ0v) is 19.5. The van der Waals surface area contributed by atoms with Crippen molar-refractivity contribution in [1.29, 1.82) is 0 Å². The maximum Gasteiger partial charge on any atom is 0.261 e. The minimum Gasteiger partial charge on any atom is -0.280 e. The SMILES string of the molecule is O=S(=O)(Nc1ccc(Cl)c(-c2nccc3ccccc23)c1)c1ccc(N2CCS2(=O)=O)cc1. The molecule has 1 fully saturated rings. The van der Waals surface area contributed by atoms with Gasteiger partial charge in [-0.15, -0.1) is 0 Å². The van der Waals surface area contributed by atoms with Crippen molar-refractivity contribution in [2.24, 2.45) is 0 Å². The number of hydrogen-bond donors (Lipinski definition) is 1. The Hall–Kier alpha value is -3.14. The molecule has 0 atom stereocenters. The summed E-state index contributed by atoms with van der Waals surface area (Å²) in [5, 5.41) is 2.34. The molecule has 1 aliphatic rings. The van der Waals surface area contributed by atoms with E-state index in [1.165, 1.54) is 28.6 Å². The standard InChI is InChI=1S/C23H18ClN3O4S2/c24-22-10-5-17(15-21(22)23-20-4-2-1-3-16(20)11-12-25-23)26-33(30,31)19-8-6-18(7-9-19)27-13-14-32(27,28)29/h1-12,15,26H,13-14H2. The molecule has 10 heteroatoms. The Morgan fingerprint density at radius 3 is 2.42 bits per heavy atom. The van der Waals surface area contributed by atoms with Crippen LogP contribution in [0.25, 0.3) is 22.0 Å². The first-order chi connectivity index (χ1) is 15.7. The van der Waals surface area contributed by atoms with Gasteiger partial charge in [0.2, 0.25) is 10.0 Å². The third-order valence-corrected chi connectivity index (χ3v) is 8.96. The Balaban J connectivity index is 1.46. The molecule has 1 aromatic heterocycles. The molecule has 0 amide bonds. The Bertz CT molecular complexity index is 1580. The van der Waals surface area contributed by atoms with Crippen molar-refractivity contribution in [2.75, 3.05) is 21.3 Å². The van der Waals surface area contributed by atoms with Gasteiger partial charge in [-0.1, -0.05) is 35.9 Å². The molecular formula is C23H18ClN3O4S2. The van der Waals surface area contributed by atoms with Gasteiger partial charge in [-0.25, -0.2) is 16.8 Å². The molecule has 5 rings (SSSR count). The average molecular weight is 500 g/mol. The fraction of sp³-hybridized carbons (Fsp3) is 0.0870. The molecule has 3 aromatic carbocycles. The van der Waals surface area contributed by atoms with Gasteiger partial charge in [0, 0.05) is 29.4 Å². The average Bonchev–Trinajstić information content (AvgIpc) is 2.79. The van der Waals surface area contributed by atoms with Gasteiger partial charge in [0.15, 0.2) is 0 Å². The summed E-state index contributed by atoms with van der Waals surface area (Å²) in [5.41, 5.74) is 2.03. The fourth-order valence-corrected chi connectivity index (χ4v) is 6.09. The second-order valence-corrected chi connectivity index (χ2v) is 11.7. The van der Waals surface area contributed by atoms with Crippen LogP contribution in [0.5, 0.6) is 0 Å². The second kappa shape index (κ2) is 8.02. The van der Waals surface area contributed by atoms with Gasteiger partial charge < -0.3 is 0 Å². The molecule has 0 unspecified atom stereocenters. The Morgan fingerprint density at radius 1 is 0.970 bits per heavy atom. The normalized spacial score (nSPS) is 15.2. The highest BCUT2D eigenvalue weighted by Crippen LogP contribution is 2.34. The van der Waals surface area contributed by atoms with Crippen molar-refractivity contribution >= 4 is 53.8 Å². The van der Waals surface area contributed by atoms with Gasteiger partial charge in [0.25, 0.3) is 10.0 Å². The first-order valence-electron chi connectivity index (χ1n) is 10.0. The maximum absolute atomic E-state index is 12.9. The third-order valence-electron chi connectivity index (χ3n) is 5.47. The predicted octanol–water partition coefficient (Wildman–Crippen LogP) is 4.51. The Kier molecular flexibility index (Phi) is 5.27. The number of sulfonamides is 2. The number of pyridine rings is 1. The van der Waals surface area contributed by atoms with Crippen LogP contribution < -0.4 is 9.03 Å². The molecule has 0 saturated carbocycles. The highest BCUT2D eigenvalue weighted by molar-refractivity contribution is 7.94. The Labute approximate surface area is 196 Å². The van der Waals surface area contributed by atoms with E-state index in [1.54, 1.807) is 24.4 Å². The van der Waals surface area contributed by atoms with Crippen LogP contribution in [0.1, 0.15) is 0 Å². The molecule has 33 heavy (non-hydrogen) atoms. The molecule has 0 spiro atoms. The van der Waals surface area contributed by atoms with E-state index < -0.39 is 20.0 Å². The minimum atomic E-state index is -3.91. The van der Waals surface area contributed by atoms with Crippen LogP contribution in [-0.4, -0.2) is 34.1 Å². The maximum atomic E-state index is 12.9. The number of anilines is 2. The molecular weight excluding hydrogens is 482 g/mol. The molecule has 168 valence electrons. The number of rotatable bonds is 5. The topological polar surface area (TPSA) is 96.4 Å². The molecule has 0 aliphatic carbocycles. The lowest BCUT2D eigenvalue weighted by molar-refractivity contribution is 0.578. The number of nitrogens with one attached hydrogen (secondary N) is 1. The number of halogens is 1. The molecule has 1 aliphatic heterocycles. The van der Waals surface area contributed by atoms with E-state index >= 15 is 0 Å². The van der Waals surface area contributed by atoms with Gasteiger partial charge in [0.1, 0.15) is 0 Å².